The Morgan fingerprint density at radius 2 is 1.87 bits per heavy atom. The van der Waals surface area contributed by atoms with Crippen LogP contribution in [-0.2, 0) is 5.41 Å². The van der Waals surface area contributed by atoms with Crippen LogP contribution in [0, 0.1) is 11.3 Å². The first-order chi connectivity index (χ1) is 6.76. The first-order valence-corrected chi connectivity index (χ1v) is 5.63. The van der Waals surface area contributed by atoms with E-state index in [4.69, 9.17) is 0 Å². The van der Waals surface area contributed by atoms with Crippen LogP contribution >= 0.6 is 0 Å². The van der Waals surface area contributed by atoms with E-state index in [-0.39, 0.29) is 5.41 Å². The highest BCUT2D eigenvalue weighted by atomic mass is 15.3. The first kappa shape index (κ1) is 12.2. The number of hydrogen-bond donors (Lipinski definition) is 1. The zero-order chi connectivity index (χ0) is 11.7. The summed E-state index contributed by atoms with van der Waals surface area (Å²) in [4.78, 5) is 0. The second-order valence-electron chi connectivity index (χ2n) is 6.06. The predicted octanol–water partition coefficient (Wildman–Crippen LogP) is 3.15. The van der Waals surface area contributed by atoms with Gasteiger partial charge in [0.2, 0.25) is 0 Å². The fraction of sp³-hybridized carbons (Fsp3) is 0.833. The lowest BCUT2D eigenvalue weighted by Crippen LogP contribution is -2.30. The van der Waals surface area contributed by atoms with Crippen LogP contribution in [0.3, 0.4) is 0 Å². The molecule has 0 unspecified atom stereocenters. The molecule has 0 fully saturated rings. The molecule has 1 aromatic rings. The van der Waals surface area contributed by atoms with Gasteiger partial charge in [-0.2, -0.15) is 0 Å². The van der Waals surface area contributed by atoms with Crippen molar-refractivity contribution in [2.24, 2.45) is 11.3 Å². The molecule has 0 spiro atoms. The molecule has 15 heavy (non-hydrogen) atoms. The van der Waals surface area contributed by atoms with E-state index in [0.29, 0.717) is 11.3 Å². The molecule has 1 rings (SSSR count). The largest absolute Gasteiger partial charge is 0.265 e. The number of nitrogens with zero attached hydrogens (tertiary/aromatic N) is 2. The van der Waals surface area contributed by atoms with Crippen molar-refractivity contribution in [3.63, 3.8) is 0 Å². The minimum atomic E-state index is 0.0841. The smallest absolute Gasteiger partial charge is 0.0880 e. The molecule has 1 heterocycles. The van der Waals surface area contributed by atoms with Crippen molar-refractivity contribution < 1.29 is 0 Å². The van der Waals surface area contributed by atoms with E-state index in [1.165, 1.54) is 0 Å². The molecule has 86 valence electrons. The minimum Gasteiger partial charge on any atom is -0.265 e. The minimum absolute atomic E-state index is 0.0841. The van der Waals surface area contributed by atoms with Gasteiger partial charge in [-0.25, -0.2) is 0 Å². The summed E-state index contributed by atoms with van der Waals surface area (Å²) in [6, 6.07) is 0. The fourth-order valence-electron chi connectivity index (χ4n) is 1.97. The molecular weight excluding hydrogens is 186 g/mol. The number of rotatable bonds is 4. The molecule has 3 heteroatoms. The molecule has 0 aromatic carbocycles. The van der Waals surface area contributed by atoms with E-state index in [0.717, 1.165) is 12.1 Å². The van der Waals surface area contributed by atoms with Gasteiger partial charge in [0.05, 0.1) is 5.69 Å². The van der Waals surface area contributed by atoms with Crippen molar-refractivity contribution in [2.75, 3.05) is 0 Å². The summed E-state index contributed by atoms with van der Waals surface area (Å²) >= 11 is 0. The Balaban J connectivity index is 2.81. The quantitative estimate of drug-likeness (QED) is 0.827. The molecule has 0 aliphatic heterocycles. The maximum atomic E-state index is 4.13. The van der Waals surface area contributed by atoms with Gasteiger partial charge in [0, 0.05) is 11.6 Å². The van der Waals surface area contributed by atoms with E-state index in [1.54, 1.807) is 0 Å². The summed E-state index contributed by atoms with van der Waals surface area (Å²) < 4.78 is 0. The number of hydrogen-bond acceptors (Lipinski definition) is 2. The van der Waals surface area contributed by atoms with Crippen LogP contribution in [0.15, 0.2) is 6.20 Å². The van der Waals surface area contributed by atoms with Gasteiger partial charge < -0.3 is 0 Å². The van der Waals surface area contributed by atoms with Crippen LogP contribution in [0.5, 0.6) is 0 Å². The van der Waals surface area contributed by atoms with Gasteiger partial charge in [0.15, 0.2) is 0 Å². The molecule has 0 bridgehead atoms. The Morgan fingerprint density at radius 1 is 1.27 bits per heavy atom. The predicted molar refractivity (Wildman–Crippen MR) is 62.6 cm³/mol. The molecule has 0 aliphatic carbocycles. The van der Waals surface area contributed by atoms with Gasteiger partial charge in [0.1, 0.15) is 0 Å². The standard InChI is InChI=1S/C12H23N3/c1-9(2)11(3,4)8-12(5,6)10-7-13-15-14-10/h7,9H,8H2,1-6H3,(H,13,14,15). The monoisotopic (exact) mass is 209 g/mol. The molecule has 0 aliphatic rings. The highest BCUT2D eigenvalue weighted by molar-refractivity contribution is 5.09. The molecule has 1 aromatic heterocycles. The van der Waals surface area contributed by atoms with E-state index < -0.39 is 0 Å². The normalized spacial score (nSPS) is 13.5. The first-order valence-electron chi connectivity index (χ1n) is 5.63. The van der Waals surface area contributed by atoms with Crippen LogP contribution in [0.2, 0.25) is 0 Å². The summed E-state index contributed by atoms with van der Waals surface area (Å²) in [6.07, 6.45) is 3.01. The van der Waals surface area contributed by atoms with Crippen molar-refractivity contribution >= 4 is 0 Å². The third-order valence-corrected chi connectivity index (χ3v) is 3.57. The Bertz CT molecular complexity index is 297. The summed E-state index contributed by atoms with van der Waals surface area (Å²) in [5.41, 5.74) is 1.46. The molecule has 1 N–H and O–H groups in total. The van der Waals surface area contributed by atoms with Crippen LogP contribution in [0.4, 0.5) is 0 Å². The third kappa shape index (κ3) is 2.80. The van der Waals surface area contributed by atoms with Crippen LogP contribution in [-0.4, -0.2) is 15.4 Å². The summed E-state index contributed by atoms with van der Waals surface area (Å²) in [6.45, 7) is 13.7. The number of H-pyrrole nitrogens is 1. The van der Waals surface area contributed by atoms with E-state index in [9.17, 15) is 0 Å². The van der Waals surface area contributed by atoms with E-state index in [1.807, 2.05) is 6.20 Å². The lowest BCUT2D eigenvalue weighted by Gasteiger charge is -2.36. The topological polar surface area (TPSA) is 41.6 Å². The maximum Gasteiger partial charge on any atom is 0.0880 e. The van der Waals surface area contributed by atoms with Gasteiger partial charge in [0.25, 0.3) is 0 Å². The maximum absolute atomic E-state index is 4.13. The Hall–Kier alpha value is -0.860. The molecule has 0 radical (unpaired) electrons. The van der Waals surface area contributed by atoms with Crippen LogP contribution in [0.1, 0.15) is 53.7 Å². The van der Waals surface area contributed by atoms with Gasteiger partial charge in [-0.1, -0.05) is 46.8 Å². The van der Waals surface area contributed by atoms with E-state index in [2.05, 4.69) is 57.0 Å². The molecule has 0 saturated heterocycles. The average molecular weight is 209 g/mol. The fourth-order valence-corrected chi connectivity index (χ4v) is 1.97. The second-order valence-corrected chi connectivity index (χ2v) is 6.06. The number of aromatic nitrogens is 3. The van der Waals surface area contributed by atoms with Gasteiger partial charge in [-0.3, -0.25) is 5.10 Å². The summed E-state index contributed by atoms with van der Waals surface area (Å²) in [7, 11) is 0. The summed E-state index contributed by atoms with van der Waals surface area (Å²) in [5.74, 6) is 0.670. The van der Waals surface area contributed by atoms with Crippen molar-refractivity contribution in [3.8, 4) is 0 Å². The van der Waals surface area contributed by atoms with Gasteiger partial charge >= 0.3 is 0 Å². The zero-order valence-electron chi connectivity index (χ0n) is 10.8. The van der Waals surface area contributed by atoms with Crippen LogP contribution < -0.4 is 0 Å². The zero-order valence-corrected chi connectivity index (χ0v) is 10.8. The average Bonchev–Trinajstić information content (AvgIpc) is 2.53. The van der Waals surface area contributed by atoms with Crippen molar-refractivity contribution in [1.29, 1.82) is 0 Å². The number of nitrogens with one attached hydrogen (secondary N) is 1. The summed E-state index contributed by atoms with van der Waals surface area (Å²) in [5, 5.41) is 10.7. The molecule has 3 nitrogen and oxygen atoms in total. The van der Waals surface area contributed by atoms with Gasteiger partial charge in [-0.15, -0.1) is 5.10 Å². The van der Waals surface area contributed by atoms with E-state index >= 15 is 0 Å². The lowest BCUT2D eigenvalue weighted by molar-refractivity contribution is 0.179. The number of aromatic amines is 1. The van der Waals surface area contributed by atoms with Crippen molar-refractivity contribution in [1.82, 2.24) is 15.4 Å². The Labute approximate surface area is 92.7 Å². The van der Waals surface area contributed by atoms with Crippen LogP contribution in [0.25, 0.3) is 0 Å². The molecule has 0 saturated carbocycles. The molecule has 0 atom stereocenters. The molecular formula is C12H23N3. The van der Waals surface area contributed by atoms with Crippen molar-refractivity contribution in [3.05, 3.63) is 11.9 Å². The van der Waals surface area contributed by atoms with Crippen molar-refractivity contribution in [2.45, 2.75) is 53.4 Å². The lowest BCUT2D eigenvalue weighted by atomic mass is 9.68. The second kappa shape index (κ2) is 3.95. The highest BCUT2D eigenvalue weighted by Crippen LogP contribution is 2.39. The third-order valence-electron chi connectivity index (χ3n) is 3.57. The SMILES string of the molecule is CC(C)C(C)(C)CC(C)(C)c1c[nH]nn1. The Kier molecular flexibility index (Phi) is 3.22. The highest BCUT2D eigenvalue weighted by Gasteiger charge is 2.33. The van der Waals surface area contributed by atoms with Gasteiger partial charge in [-0.05, 0) is 17.8 Å². The molecule has 0 amide bonds. The Morgan fingerprint density at radius 3 is 2.27 bits per heavy atom.